The van der Waals surface area contributed by atoms with Crippen molar-refractivity contribution in [3.05, 3.63) is 65.6 Å². The number of nitrogens with zero attached hydrogens (tertiary/aromatic N) is 2. The second kappa shape index (κ2) is 7.57. The predicted molar refractivity (Wildman–Crippen MR) is 99.0 cm³/mol. The third-order valence-corrected chi connectivity index (χ3v) is 4.34. The SMILES string of the molecule is CC(C)C(NC(=O)c1nn(Cc2ccc(F)cc2)c2ccccc12)C(=O)O. The maximum atomic E-state index is 13.1. The fraction of sp³-hybridized carbons (Fsp3) is 0.250. The lowest BCUT2D eigenvalue weighted by molar-refractivity contribution is -0.140. The molecule has 140 valence electrons. The summed E-state index contributed by atoms with van der Waals surface area (Å²) in [5.41, 5.74) is 1.74. The number of carboxylic acids is 1. The summed E-state index contributed by atoms with van der Waals surface area (Å²) >= 11 is 0. The summed E-state index contributed by atoms with van der Waals surface area (Å²) in [5.74, 6) is -2.21. The van der Waals surface area contributed by atoms with Gasteiger partial charge in [-0.05, 0) is 29.7 Å². The zero-order valence-electron chi connectivity index (χ0n) is 15.0. The highest BCUT2D eigenvalue weighted by Gasteiger charge is 2.26. The fourth-order valence-corrected chi connectivity index (χ4v) is 2.90. The van der Waals surface area contributed by atoms with Crippen LogP contribution < -0.4 is 5.32 Å². The van der Waals surface area contributed by atoms with Crippen LogP contribution in [-0.2, 0) is 11.3 Å². The van der Waals surface area contributed by atoms with Crippen molar-refractivity contribution in [2.75, 3.05) is 0 Å². The molecule has 0 aliphatic rings. The van der Waals surface area contributed by atoms with Crippen LogP contribution in [0.2, 0.25) is 0 Å². The monoisotopic (exact) mass is 369 g/mol. The van der Waals surface area contributed by atoms with Gasteiger partial charge in [0.1, 0.15) is 11.9 Å². The molecule has 1 atom stereocenters. The molecule has 3 aromatic rings. The third-order valence-electron chi connectivity index (χ3n) is 4.34. The zero-order chi connectivity index (χ0) is 19.6. The number of hydrogen-bond donors (Lipinski definition) is 2. The van der Waals surface area contributed by atoms with E-state index >= 15 is 0 Å². The van der Waals surface area contributed by atoms with E-state index in [1.165, 1.54) is 12.1 Å². The van der Waals surface area contributed by atoms with Gasteiger partial charge in [0.15, 0.2) is 5.69 Å². The molecule has 1 aromatic heterocycles. The van der Waals surface area contributed by atoms with Gasteiger partial charge in [-0.25, -0.2) is 9.18 Å². The molecule has 27 heavy (non-hydrogen) atoms. The number of rotatable bonds is 6. The molecule has 6 nitrogen and oxygen atoms in total. The molecule has 2 N–H and O–H groups in total. The Morgan fingerprint density at radius 3 is 2.44 bits per heavy atom. The molecule has 7 heteroatoms. The Balaban J connectivity index is 1.95. The van der Waals surface area contributed by atoms with E-state index in [0.717, 1.165) is 11.1 Å². The number of carbonyl (C=O) groups is 2. The minimum atomic E-state index is -1.09. The van der Waals surface area contributed by atoms with Gasteiger partial charge in [0.05, 0.1) is 12.1 Å². The Kier molecular flexibility index (Phi) is 5.21. The van der Waals surface area contributed by atoms with Gasteiger partial charge < -0.3 is 10.4 Å². The van der Waals surface area contributed by atoms with Crippen LogP contribution in [0.25, 0.3) is 10.9 Å². The minimum Gasteiger partial charge on any atom is -0.480 e. The van der Waals surface area contributed by atoms with E-state index in [0.29, 0.717) is 11.9 Å². The molecule has 0 saturated carbocycles. The molecule has 1 unspecified atom stereocenters. The van der Waals surface area contributed by atoms with Gasteiger partial charge in [0, 0.05) is 5.39 Å². The smallest absolute Gasteiger partial charge is 0.326 e. The Labute approximate surface area is 155 Å². The largest absolute Gasteiger partial charge is 0.480 e. The van der Waals surface area contributed by atoms with E-state index in [1.807, 2.05) is 12.1 Å². The van der Waals surface area contributed by atoms with Crippen LogP contribution in [-0.4, -0.2) is 32.8 Å². The highest BCUT2D eigenvalue weighted by atomic mass is 19.1. The summed E-state index contributed by atoms with van der Waals surface area (Å²) in [6.45, 7) is 3.81. The lowest BCUT2D eigenvalue weighted by Gasteiger charge is -2.17. The van der Waals surface area contributed by atoms with Crippen LogP contribution >= 0.6 is 0 Å². The summed E-state index contributed by atoms with van der Waals surface area (Å²) in [5, 5.41) is 16.9. The molecule has 0 aliphatic carbocycles. The van der Waals surface area contributed by atoms with Gasteiger partial charge in [-0.3, -0.25) is 9.48 Å². The summed E-state index contributed by atoms with van der Waals surface area (Å²) in [4.78, 5) is 24.1. The van der Waals surface area contributed by atoms with Crippen LogP contribution in [0.4, 0.5) is 4.39 Å². The summed E-state index contributed by atoms with van der Waals surface area (Å²) < 4.78 is 14.8. The van der Waals surface area contributed by atoms with Crippen molar-refractivity contribution in [3.8, 4) is 0 Å². The zero-order valence-corrected chi connectivity index (χ0v) is 15.0. The molecule has 0 bridgehead atoms. The lowest BCUT2D eigenvalue weighted by atomic mass is 10.0. The van der Waals surface area contributed by atoms with Gasteiger partial charge >= 0.3 is 5.97 Å². The Hall–Kier alpha value is -3.22. The number of halogens is 1. The summed E-state index contributed by atoms with van der Waals surface area (Å²) in [6.07, 6.45) is 0. The Morgan fingerprint density at radius 1 is 1.15 bits per heavy atom. The quantitative estimate of drug-likeness (QED) is 0.699. The summed E-state index contributed by atoms with van der Waals surface area (Å²) in [7, 11) is 0. The van der Waals surface area contributed by atoms with Gasteiger partial charge in [-0.1, -0.05) is 44.2 Å². The fourth-order valence-electron chi connectivity index (χ4n) is 2.90. The number of fused-ring (bicyclic) bond motifs is 1. The second-order valence-corrected chi connectivity index (χ2v) is 6.68. The van der Waals surface area contributed by atoms with Crippen LogP contribution in [0, 0.1) is 11.7 Å². The third kappa shape index (κ3) is 3.97. The number of benzene rings is 2. The van der Waals surface area contributed by atoms with Gasteiger partial charge in [-0.2, -0.15) is 5.10 Å². The van der Waals surface area contributed by atoms with Crippen LogP contribution in [0.15, 0.2) is 48.5 Å². The Bertz CT molecular complexity index is 980. The number of aromatic nitrogens is 2. The molecule has 0 fully saturated rings. The minimum absolute atomic E-state index is 0.166. The molecule has 0 radical (unpaired) electrons. The second-order valence-electron chi connectivity index (χ2n) is 6.68. The van der Waals surface area contributed by atoms with Crippen molar-refractivity contribution in [3.63, 3.8) is 0 Å². The van der Waals surface area contributed by atoms with Crippen LogP contribution in [0.3, 0.4) is 0 Å². The molecule has 3 rings (SSSR count). The first-order valence-electron chi connectivity index (χ1n) is 8.60. The molecule has 0 saturated heterocycles. The van der Waals surface area contributed by atoms with E-state index in [-0.39, 0.29) is 17.4 Å². The predicted octanol–water partition coefficient (Wildman–Crippen LogP) is 3.06. The van der Waals surface area contributed by atoms with Crippen LogP contribution in [0.1, 0.15) is 29.9 Å². The molecule has 1 heterocycles. The topological polar surface area (TPSA) is 84.2 Å². The molecular formula is C20H20FN3O3. The van der Waals surface area contributed by atoms with Crippen molar-refractivity contribution in [1.82, 2.24) is 15.1 Å². The van der Waals surface area contributed by atoms with Crippen molar-refractivity contribution in [2.24, 2.45) is 5.92 Å². The van der Waals surface area contributed by atoms with Gasteiger partial charge in [-0.15, -0.1) is 0 Å². The van der Waals surface area contributed by atoms with Gasteiger partial charge in [0.2, 0.25) is 0 Å². The molecule has 2 aromatic carbocycles. The molecular weight excluding hydrogens is 349 g/mol. The molecule has 0 spiro atoms. The van der Waals surface area contributed by atoms with E-state index in [2.05, 4.69) is 10.4 Å². The van der Waals surface area contributed by atoms with Crippen molar-refractivity contribution in [2.45, 2.75) is 26.4 Å². The lowest BCUT2D eigenvalue weighted by Crippen LogP contribution is -2.44. The van der Waals surface area contributed by atoms with E-state index in [9.17, 15) is 19.1 Å². The van der Waals surface area contributed by atoms with Gasteiger partial charge in [0.25, 0.3) is 5.91 Å². The molecule has 1 amide bonds. The number of nitrogens with one attached hydrogen (secondary N) is 1. The first-order chi connectivity index (χ1) is 12.9. The normalized spacial score (nSPS) is 12.3. The van der Waals surface area contributed by atoms with Crippen LogP contribution in [0.5, 0.6) is 0 Å². The maximum absolute atomic E-state index is 13.1. The number of amides is 1. The van der Waals surface area contributed by atoms with E-state index in [4.69, 9.17) is 0 Å². The average molecular weight is 369 g/mol. The van der Waals surface area contributed by atoms with Crippen molar-refractivity contribution >= 4 is 22.8 Å². The van der Waals surface area contributed by atoms with Crippen molar-refractivity contribution < 1.29 is 19.1 Å². The maximum Gasteiger partial charge on any atom is 0.326 e. The number of aliphatic carboxylic acids is 1. The first-order valence-corrected chi connectivity index (χ1v) is 8.60. The first kappa shape index (κ1) is 18.6. The number of hydrogen-bond acceptors (Lipinski definition) is 3. The summed E-state index contributed by atoms with van der Waals surface area (Å²) in [6, 6.07) is 12.3. The number of carboxylic acid groups (broad SMARTS) is 1. The number of para-hydroxylation sites is 1. The highest BCUT2D eigenvalue weighted by Crippen LogP contribution is 2.20. The molecule has 0 aliphatic heterocycles. The van der Waals surface area contributed by atoms with E-state index < -0.39 is 17.9 Å². The Morgan fingerprint density at radius 2 is 1.81 bits per heavy atom. The standard InChI is InChI=1S/C20H20FN3O3/c1-12(2)17(20(26)27)22-19(25)18-15-5-3-4-6-16(15)24(23-18)11-13-7-9-14(21)10-8-13/h3-10,12,17H,11H2,1-2H3,(H,22,25)(H,26,27). The number of carbonyl (C=O) groups excluding carboxylic acids is 1. The van der Waals surface area contributed by atoms with E-state index in [1.54, 1.807) is 42.8 Å². The highest BCUT2D eigenvalue weighted by molar-refractivity contribution is 6.05. The van der Waals surface area contributed by atoms with Crippen molar-refractivity contribution in [1.29, 1.82) is 0 Å². The average Bonchev–Trinajstić information content (AvgIpc) is 3.00.